The molecule has 1 fully saturated rings. The molecule has 0 amide bonds. The van der Waals surface area contributed by atoms with Crippen molar-refractivity contribution >= 4 is 5.96 Å². The zero-order chi connectivity index (χ0) is 20.6. The Morgan fingerprint density at radius 3 is 2.72 bits per heavy atom. The average Bonchev–Trinajstić information content (AvgIpc) is 3.59. The Labute approximate surface area is 172 Å². The zero-order valence-corrected chi connectivity index (χ0v) is 17.6. The number of nitrogens with one attached hydrogen (secondary N) is 2. The fraction of sp³-hybridized carbons (Fsp3) is 0.455. The molecule has 1 aliphatic carbocycles. The number of ether oxygens (including phenoxy) is 3. The monoisotopic (exact) mass is 398 g/mol. The highest BCUT2D eigenvalue weighted by atomic mass is 16.5. The first kappa shape index (κ1) is 20.8. The van der Waals surface area contributed by atoms with Crippen molar-refractivity contribution in [2.24, 2.45) is 10.9 Å². The number of nitrogens with zero attached hydrogens (tertiary/aromatic N) is 2. The van der Waals surface area contributed by atoms with Gasteiger partial charge in [0.25, 0.3) is 0 Å². The number of aromatic nitrogens is 1. The maximum atomic E-state index is 5.76. The zero-order valence-electron chi connectivity index (χ0n) is 17.6. The Morgan fingerprint density at radius 1 is 1.21 bits per heavy atom. The molecule has 3 rings (SSSR count). The maximum Gasteiger partial charge on any atom is 0.213 e. The van der Waals surface area contributed by atoms with Gasteiger partial charge in [-0.15, -0.1) is 0 Å². The quantitative estimate of drug-likeness (QED) is 0.498. The molecule has 29 heavy (non-hydrogen) atoms. The number of aliphatic imine (C=N–C) groups is 1. The van der Waals surface area contributed by atoms with Gasteiger partial charge in [0, 0.05) is 31.4 Å². The van der Waals surface area contributed by atoms with Crippen molar-refractivity contribution < 1.29 is 14.2 Å². The minimum atomic E-state index is -0.0267. The number of hydrogen-bond acceptors (Lipinski definition) is 5. The first-order chi connectivity index (χ1) is 14.1. The molecule has 7 nitrogen and oxygen atoms in total. The molecule has 1 saturated carbocycles. The van der Waals surface area contributed by atoms with E-state index in [1.165, 1.54) is 12.8 Å². The highest BCUT2D eigenvalue weighted by molar-refractivity contribution is 5.80. The van der Waals surface area contributed by atoms with Crippen molar-refractivity contribution in [3.05, 3.63) is 47.7 Å². The Balaban J connectivity index is 1.58. The summed E-state index contributed by atoms with van der Waals surface area (Å²) in [6.07, 6.45) is 4.30. The van der Waals surface area contributed by atoms with Crippen molar-refractivity contribution in [2.45, 2.75) is 32.4 Å². The molecule has 0 spiro atoms. The molecule has 2 aromatic rings. The van der Waals surface area contributed by atoms with Crippen LogP contribution in [0.4, 0.5) is 0 Å². The smallest absolute Gasteiger partial charge is 0.213 e. The lowest BCUT2D eigenvalue weighted by Gasteiger charge is -2.21. The van der Waals surface area contributed by atoms with Crippen LogP contribution in [-0.4, -0.2) is 38.8 Å². The molecule has 2 N–H and O–H groups in total. The predicted molar refractivity (Wildman–Crippen MR) is 114 cm³/mol. The Hall–Kier alpha value is -2.96. The molecule has 0 bridgehead atoms. The van der Waals surface area contributed by atoms with Crippen LogP contribution in [0, 0.1) is 5.92 Å². The van der Waals surface area contributed by atoms with Gasteiger partial charge in [-0.25, -0.2) is 4.98 Å². The first-order valence-corrected chi connectivity index (χ1v) is 9.89. The fourth-order valence-corrected chi connectivity index (χ4v) is 2.97. The molecule has 1 atom stereocenters. The van der Waals surface area contributed by atoms with Crippen LogP contribution in [0.25, 0.3) is 0 Å². The average molecular weight is 399 g/mol. The molecule has 1 aromatic heterocycles. The largest absolute Gasteiger partial charge is 0.497 e. The third-order valence-electron chi connectivity index (χ3n) is 4.90. The Kier molecular flexibility index (Phi) is 7.16. The van der Waals surface area contributed by atoms with Crippen LogP contribution in [0.5, 0.6) is 17.4 Å². The predicted octanol–water partition coefficient (Wildman–Crippen LogP) is 3.31. The van der Waals surface area contributed by atoms with E-state index in [9.17, 15) is 0 Å². The summed E-state index contributed by atoms with van der Waals surface area (Å²) in [4.78, 5) is 8.62. The topological polar surface area (TPSA) is 77.0 Å². The van der Waals surface area contributed by atoms with Gasteiger partial charge in [-0.2, -0.15) is 0 Å². The van der Waals surface area contributed by atoms with Crippen LogP contribution in [0.1, 0.15) is 36.9 Å². The lowest BCUT2D eigenvalue weighted by atomic mass is 10.1. The van der Waals surface area contributed by atoms with Crippen molar-refractivity contribution in [3.63, 3.8) is 0 Å². The van der Waals surface area contributed by atoms with E-state index >= 15 is 0 Å². The van der Waals surface area contributed by atoms with E-state index in [2.05, 4.69) is 27.5 Å². The van der Waals surface area contributed by atoms with Gasteiger partial charge in [-0.1, -0.05) is 0 Å². The summed E-state index contributed by atoms with van der Waals surface area (Å²) in [5.74, 6) is 3.66. The van der Waals surface area contributed by atoms with Gasteiger partial charge in [0.15, 0.2) is 5.96 Å². The van der Waals surface area contributed by atoms with Crippen molar-refractivity contribution in [2.75, 3.05) is 27.9 Å². The van der Waals surface area contributed by atoms with E-state index < -0.39 is 0 Å². The second-order valence-corrected chi connectivity index (χ2v) is 7.16. The van der Waals surface area contributed by atoms with Crippen LogP contribution < -0.4 is 24.8 Å². The minimum Gasteiger partial charge on any atom is -0.497 e. The van der Waals surface area contributed by atoms with Gasteiger partial charge in [0.05, 0.1) is 26.9 Å². The van der Waals surface area contributed by atoms with Gasteiger partial charge in [-0.3, -0.25) is 4.99 Å². The summed E-state index contributed by atoms with van der Waals surface area (Å²) in [6.45, 7) is 3.43. The summed E-state index contributed by atoms with van der Waals surface area (Å²) >= 11 is 0. The standard InChI is InChI=1S/C22H30N4O3/c1-15(19-12-18(27-3)7-8-20(19)28-4)26-22(23-2)25-13-17-9-10-24-21(11-17)29-14-16-5-6-16/h7-12,15-16H,5-6,13-14H2,1-4H3,(H2,23,25,26). The molecule has 0 saturated heterocycles. The van der Waals surface area contributed by atoms with Crippen LogP contribution in [0.15, 0.2) is 41.5 Å². The van der Waals surface area contributed by atoms with E-state index in [0.29, 0.717) is 24.3 Å². The first-order valence-electron chi connectivity index (χ1n) is 9.89. The van der Waals surface area contributed by atoms with E-state index in [1.54, 1.807) is 27.5 Å². The number of rotatable bonds is 9. The highest BCUT2D eigenvalue weighted by Crippen LogP contribution is 2.30. The van der Waals surface area contributed by atoms with E-state index in [4.69, 9.17) is 14.2 Å². The lowest BCUT2D eigenvalue weighted by Crippen LogP contribution is -2.38. The molecule has 1 heterocycles. The number of pyridine rings is 1. The van der Waals surface area contributed by atoms with Crippen LogP contribution >= 0.6 is 0 Å². The lowest BCUT2D eigenvalue weighted by molar-refractivity contribution is 0.288. The third kappa shape index (κ3) is 6.01. The number of methoxy groups -OCH3 is 2. The summed E-state index contributed by atoms with van der Waals surface area (Å²) in [6, 6.07) is 9.67. The molecule has 1 aromatic carbocycles. The highest BCUT2D eigenvalue weighted by Gasteiger charge is 2.22. The molecule has 0 aliphatic heterocycles. The maximum absolute atomic E-state index is 5.76. The number of benzene rings is 1. The normalized spacial score (nSPS) is 14.8. The number of guanidine groups is 1. The van der Waals surface area contributed by atoms with Gasteiger partial charge >= 0.3 is 0 Å². The summed E-state index contributed by atoms with van der Waals surface area (Å²) in [5, 5.41) is 6.74. The molecule has 156 valence electrons. The van der Waals surface area contributed by atoms with Gasteiger partial charge in [0.2, 0.25) is 5.88 Å². The molecule has 7 heteroatoms. The van der Waals surface area contributed by atoms with Crippen LogP contribution in [0.3, 0.4) is 0 Å². The van der Waals surface area contributed by atoms with Crippen LogP contribution in [-0.2, 0) is 6.54 Å². The molecule has 1 unspecified atom stereocenters. The molecular weight excluding hydrogens is 368 g/mol. The van der Waals surface area contributed by atoms with Gasteiger partial charge in [0.1, 0.15) is 11.5 Å². The molecular formula is C22H30N4O3. The minimum absolute atomic E-state index is 0.0267. The van der Waals surface area contributed by atoms with Crippen molar-refractivity contribution in [1.29, 1.82) is 0 Å². The van der Waals surface area contributed by atoms with E-state index in [1.807, 2.05) is 30.3 Å². The summed E-state index contributed by atoms with van der Waals surface area (Å²) in [7, 11) is 5.07. The summed E-state index contributed by atoms with van der Waals surface area (Å²) < 4.78 is 16.6. The summed E-state index contributed by atoms with van der Waals surface area (Å²) in [5.41, 5.74) is 2.08. The SMILES string of the molecule is CN=C(NCc1ccnc(OCC2CC2)c1)NC(C)c1cc(OC)ccc1OC. The van der Waals surface area contributed by atoms with E-state index in [-0.39, 0.29) is 6.04 Å². The van der Waals surface area contributed by atoms with Crippen molar-refractivity contribution in [3.8, 4) is 17.4 Å². The van der Waals surface area contributed by atoms with Crippen LogP contribution in [0.2, 0.25) is 0 Å². The molecule has 0 radical (unpaired) electrons. The van der Waals surface area contributed by atoms with Crippen molar-refractivity contribution in [1.82, 2.24) is 15.6 Å². The van der Waals surface area contributed by atoms with Gasteiger partial charge < -0.3 is 24.8 Å². The number of hydrogen-bond donors (Lipinski definition) is 2. The second kappa shape index (κ2) is 10.0. The fourth-order valence-electron chi connectivity index (χ4n) is 2.97. The molecule has 1 aliphatic rings. The Bertz CT molecular complexity index is 837. The third-order valence-corrected chi connectivity index (χ3v) is 4.90. The second-order valence-electron chi connectivity index (χ2n) is 7.16. The Morgan fingerprint density at radius 2 is 2.03 bits per heavy atom. The van der Waals surface area contributed by atoms with E-state index in [0.717, 1.165) is 29.2 Å². The van der Waals surface area contributed by atoms with Gasteiger partial charge in [-0.05, 0) is 55.5 Å².